The molecule has 4 nitrogen and oxygen atoms in total. The van der Waals surface area contributed by atoms with Crippen LogP contribution in [-0.2, 0) is 6.42 Å². The second kappa shape index (κ2) is 6.89. The first-order chi connectivity index (χ1) is 10.1. The van der Waals surface area contributed by atoms with Gasteiger partial charge < -0.3 is 15.3 Å². The summed E-state index contributed by atoms with van der Waals surface area (Å²) < 4.78 is 13.9. The number of aliphatic hydroxyl groups excluding tert-OH is 1. The smallest absolute Gasteiger partial charge is 0.317 e. The van der Waals surface area contributed by atoms with E-state index in [-0.39, 0.29) is 30.4 Å². The highest BCUT2D eigenvalue weighted by atomic mass is 19.1. The van der Waals surface area contributed by atoms with Gasteiger partial charge >= 0.3 is 6.03 Å². The summed E-state index contributed by atoms with van der Waals surface area (Å²) in [4.78, 5) is 13.8. The first kappa shape index (κ1) is 15.8. The number of nitrogens with zero attached hydrogens (tertiary/aromatic N) is 1. The summed E-state index contributed by atoms with van der Waals surface area (Å²) in [5, 5.41) is 12.0. The molecule has 0 saturated heterocycles. The molecule has 2 amide bonds. The van der Waals surface area contributed by atoms with Gasteiger partial charge in [-0.3, -0.25) is 0 Å². The Morgan fingerprint density at radius 2 is 2.29 bits per heavy atom. The summed E-state index contributed by atoms with van der Waals surface area (Å²) in [5.74, 6) is 0.0671. The molecule has 2 N–H and O–H groups in total. The minimum atomic E-state index is -0.208. The van der Waals surface area contributed by atoms with Gasteiger partial charge in [-0.1, -0.05) is 19.1 Å². The Morgan fingerprint density at radius 3 is 2.95 bits per heavy atom. The molecule has 0 spiro atoms. The van der Waals surface area contributed by atoms with Crippen LogP contribution >= 0.6 is 0 Å². The molecular weight excluding hydrogens is 271 g/mol. The lowest BCUT2D eigenvalue weighted by Crippen LogP contribution is -2.45. The molecule has 0 aromatic heterocycles. The topological polar surface area (TPSA) is 52.6 Å². The third kappa shape index (κ3) is 3.35. The molecule has 2 unspecified atom stereocenters. The summed E-state index contributed by atoms with van der Waals surface area (Å²) in [6.07, 6.45) is 1.56. The summed E-state index contributed by atoms with van der Waals surface area (Å²) in [6.45, 7) is 4.71. The molecule has 0 heterocycles. The number of hydrogen-bond acceptors (Lipinski definition) is 2. The maximum atomic E-state index is 13.9. The SMILES string of the molecule is CCN(CCO)C(=O)NC1c2cccc(F)c2CCC1C. The van der Waals surface area contributed by atoms with E-state index < -0.39 is 0 Å². The fraction of sp³-hybridized carbons (Fsp3) is 0.562. The molecule has 2 rings (SSSR count). The van der Waals surface area contributed by atoms with Gasteiger partial charge in [0.15, 0.2) is 0 Å². The van der Waals surface area contributed by atoms with Crippen LogP contribution in [0.5, 0.6) is 0 Å². The van der Waals surface area contributed by atoms with Crippen molar-refractivity contribution in [3.63, 3.8) is 0 Å². The van der Waals surface area contributed by atoms with Crippen LogP contribution in [0.2, 0.25) is 0 Å². The average Bonchev–Trinajstić information content (AvgIpc) is 2.47. The minimum absolute atomic E-state index is 0.0628. The predicted octanol–water partition coefficient (Wildman–Crippen LogP) is 2.47. The normalized spacial score (nSPS) is 20.8. The molecule has 0 aliphatic heterocycles. The van der Waals surface area contributed by atoms with Crippen molar-refractivity contribution in [2.45, 2.75) is 32.7 Å². The van der Waals surface area contributed by atoms with Crippen molar-refractivity contribution in [3.8, 4) is 0 Å². The molecule has 1 aromatic carbocycles. The van der Waals surface area contributed by atoms with E-state index in [4.69, 9.17) is 5.11 Å². The van der Waals surface area contributed by atoms with Gasteiger partial charge in [-0.25, -0.2) is 9.18 Å². The Kier molecular flexibility index (Phi) is 5.17. The lowest BCUT2D eigenvalue weighted by atomic mass is 9.80. The van der Waals surface area contributed by atoms with Gasteiger partial charge in [-0.15, -0.1) is 0 Å². The number of aliphatic hydroxyl groups is 1. The van der Waals surface area contributed by atoms with E-state index in [0.717, 1.165) is 12.0 Å². The first-order valence-electron chi connectivity index (χ1n) is 7.52. The van der Waals surface area contributed by atoms with E-state index in [0.29, 0.717) is 25.1 Å². The van der Waals surface area contributed by atoms with Crippen molar-refractivity contribution in [2.24, 2.45) is 5.92 Å². The van der Waals surface area contributed by atoms with Gasteiger partial charge in [0.2, 0.25) is 0 Å². The lowest BCUT2D eigenvalue weighted by Gasteiger charge is -2.34. The number of benzene rings is 1. The molecule has 5 heteroatoms. The number of halogens is 1. The Morgan fingerprint density at radius 1 is 1.52 bits per heavy atom. The molecule has 21 heavy (non-hydrogen) atoms. The lowest BCUT2D eigenvalue weighted by molar-refractivity contribution is 0.172. The van der Waals surface area contributed by atoms with E-state index in [9.17, 15) is 9.18 Å². The van der Waals surface area contributed by atoms with E-state index in [2.05, 4.69) is 12.2 Å². The quantitative estimate of drug-likeness (QED) is 0.896. The number of nitrogens with one attached hydrogen (secondary N) is 1. The number of likely N-dealkylation sites (N-methyl/N-ethyl adjacent to an activating group) is 1. The molecule has 0 bridgehead atoms. The standard InChI is InChI=1S/C16H23FN2O2/c1-3-19(9-10-20)16(21)18-15-11(2)7-8-12-13(15)5-4-6-14(12)17/h4-6,11,15,20H,3,7-10H2,1-2H3,(H,18,21). The molecule has 1 aliphatic carbocycles. The number of fused-ring (bicyclic) bond motifs is 1. The van der Waals surface area contributed by atoms with E-state index in [1.165, 1.54) is 6.07 Å². The maximum absolute atomic E-state index is 13.9. The molecule has 1 aromatic rings. The third-order valence-corrected chi connectivity index (χ3v) is 4.23. The van der Waals surface area contributed by atoms with Crippen LogP contribution in [0.3, 0.4) is 0 Å². The van der Waals surface area contributed by atoms with Gasteiger partial charge in [0.05, 0.1) is 12.6 Å². The Hall–Kier alpha value is -1.62. The van der Waals surface area contributed by atoms with Crippen LogP contribution in [0.1, 0.15) is 37.4 Å². The van der Waals surface area contributed by atoms with Crippen LogP contribution in [0.25, 0.3) is 0 Å². The number of carbonyl (C=O) groups is 1. The van der Waals surface area contributed by atoms with E-state index in [1.54, 1.807) is 11.0 Å². The van der Waals surface area contributed by atoms with Gasteiger partial charge in [-0.05, 0) is 42.9 Å². The number of hydrogen-bond donors (Lipinski definition) is 2. The molecule has 1 aliphatic rings. The monoisotopic (exact) mass is 294 g/mol. The first-order valence-corrected chi connectivity index (χ1v) is 7.52. The largest absolute Gasteiger partial charge is 0.395 e. The summed E-state index contributed by atoms with van der Waals surface area (Å²) >= 11 is 0. The fourth-order valence-corrected chi connectivity index (χ4v) is 2.94. The number of amides is 2. The highest BCUT2D eigenvalue weighted by Gasteiger charge is 2.30. The Bertz CT molecular complexity index is 507. The van der Waals surface area contributed by atoms with E-state index in [1.807, 2.05) is 13.0 Å². The van der Waals surface area contributed by atoms with Gasteiger partial charge in [0.25, 0.3) is 0 Å². The second-order valence-corrected chi connectivity index (χ2v) is 5.55. The number of carbonyl (C=O) groups excluding carboxylic acids is 1. The van der Waals surface area contributed by atoms with Gasteiger partial charge in [0, 0.05) is 13.1 Å². The third-order valence-electron chi connectivity index (χ3n) is 4.23. The van der Waals surface area contributed by atoms with Crippen LogP contribution in [-0.4, -0.2) is 35.7 Å². The molecule has 116 valence electrons. The highest BCUT2D eigenvalue weighted by molar-refractivity contribution is 5.75. The van der Waals surface area contributed by atoms with E-state index >= 15 is 0 Å². The fourth-order valence-electron chi connectivity index (χ4n) is 2.94. The van der Waals surface area contributed by atoms with Crippen molar-refractivity contribution in [3.05, 3.63) is 35.1 Å². The Balaban J connectivity index is 2.20. The summed E-state index contributed by atoms with van der Waals surface area (Å²) in [5.41, 5.74) is 1.59. The molecule has 0 radical (unpaired) electrons. The number of urea groups is 1. The van der Waals surface area contributed by atoms with Crippen LogP contribution < -0.4 is 5.32 Å². The zero-order valence-corrected chi connectivity index (χ0v) is 12.6. The van der Waals surface area contributed by atoms with Crippen molar-refractivity contribution < 1.29 is 14.3 Å². The zero-order valence-electron chi connectivity index (χ0n) is 12.6. The highest BCUT2D eigenvalue weighted by Crippen LogP contribution is 2.35. The van der Waals surface area contributed by atoms with Crippen molar-refractivity contribution >= 4 is 6.03 Å². The molecular formula is C16H23FN2O2. The van der Waals surface area contributed by atoms with Crippen molar-refractivity contribution in [1.29, 1.82) is 0 Å². The Labute approximate surface area is 125 Å². The predicted molar refractivity (Wildman–Crippen MR) is 79.5 cm³/mol. The summed E-state index contributed by atoms with van der Waals surface area (Å²) in [7, 11) is 0. The average molecular weight is 294 g/mol. The van der Waals surface area contributed by atoms with Crippen molar-refractivity contribution in [1.82, 2.24) is 10.2 Å². The molecule has 0 fully saturated rings. The van der Waals surface area contributed by atoms with Gasteiger partial charge in [0.1, 0.15) is 5.82 Å². The van der Waals surface area contributed by atoms with Crippen LogP contribution in [0.15, 0.2) is 18.2 Å². The molecule has 0 saturated carbocycles. The van der Waals surface area contributed by atoms with Gasteiger partial charge in [-0.2, -0.15) is 0 Å². The maximum Gasteiger partial charge on any atom is 0.317 e. The minimum Gasteiger partial charge on any atom is -0.395 e. The molecule has 2 atom stereocenters. The zero-order chi connectivity index (χ0) is 15.4. The van der Waals surface area contributed by atoms with Crippen molar-refractivity contribution in [2.75, 3.05) is 19.7 Å². The van der Waals surface area contributed by atoms with Crippen LogP contribution in [0.4, 0.5) is 9.18 Å². The van der Waals surface area contributed by atoms with Crippen LogP contribution in [0, 0.1) is 11.7 Å². The second-order valence-electron chi connectivity index (χ2n) is 5.55. The number of rotatable bonds is 4. The summed E-state index contributed by atoms with van der Waals surface area (Å²) in [6, 6.07) is 4.67.